The third-order valence-corrected chi connectivity index (χ3v) is 3.88. The standard InChI is InChI=1S/C16H28N4O2/c1-4-6-9-22-16-13(17)15(18-11(3)5-2)19-14(20-16)12-8-7-10-21-12/h11-12H,4-10,17H2,1-3H3,(H,18,19,20). The molecule has 1 aliphatic rings. The zero-order chi connectivity index (χ0) is 15.9. The van der Waals surface area contributed by atoms with Crippen molar-refractivity contribution in [1.82, 2.24) is 9.97 Å². The van der Waals surface area contributed by atoms with Crippen LogP contribution in [-0.4, -0.2) is 29.2 Å². The molecule has 0 aromatic carbocycles. The van der Waals surface area contributed by atoms with E-state index in [1.54, 1.807) is 0 Å². The summed E-state index contributed by atoms with van der Waals surface area (Å²) in [4.78, 5) is 9.08. The smallest absolute Gasteiger partial charge is 0.242 e. The lowest BCUT2D eigenvalue weighted by Gasteiger charge is -2.18. The van der Waals surface area contributed by atoms with E-state index < -0.39 is 0 Å². The molecule has 6 heteroatoms. The molecule has 0 aliphatic carbocycles. The summed E-state index contributed by atoms with van der Waals surface area (Å²) in [5, 5.41) is 3.34. The number of nitrogens with zero attached hydrogens (tertiary/aromatic N) is 2. The van der Waals surface area contributed by atoms with E-state index in [0.29, 0.717) is 29.8 Å². The lowest BCUT2D eigenvalue weighted by Crippen LogP contribution is -2.19. The Labute approximate surface area is 132 Å². The lowest BCUT2D eigenvalue weighted by molar-refractivity contribution is 0.104. The predicted molar refractivity (Wildman–Crippen MR) is 88.2 cm³/mol. The Kier molecular flexibility index (Phi) is 6.24. The number of hydrogen-bond acceptors (Lipinski definition) is 6. The SMILES string of the molecule is CCCCOc1nc(C2CCCO2)nc(NC(C)CC)c1N. The normalized spacial score (nSPS) is 19.1. The molecule has 22 heavy (non-hydrogen) atoms. The summed E-state index contributed by atoms with van der Waals surface area (Å²) in [5.74, 6) is 1.80. The highest BCUT2D eigenvalue weighted by atomic mass is 16.5. The van der Waals surface area contributed by atoms with Crippen LogP contribution in [0.2, 0.25) is 0 Å². The Bertz CT molecular complexity index is 475. The zero-order valence-electron chi connectivity index (χ0n) is 13.9. The van der Waals surface area contributed by atoms with Gasteiger partial charge in [0.25, 0.3) is 0 Å². The fraction of sp³-hybridized carbons (Fsp3) is 0.750. The largest absolute Gasteiger partial charge is 0.476 e. The van der Waals surface area contributed by atoms with Crippen LogP contribution in [0.3, 0.4) is 0 Å². The number of unbranched alkanes of at least 4 members (excludes halogenated alkanes) is 1. The molecule has 1 saturated heterocycles. The van der Waals surface area contributed by atoms with Crippen molar-refractivity contribution in [2.24, 2.45) is 0 Å². The highest BCUT2D eigenvalue weighted by Gasteiger charge is 2.24. The van der Waals surface area contributed by atoms with Crippen molar-refractivity contribution in [2.75, 3.05) is 24.3 Å². The van der Waals surface area contributed by atoms with Crippen molar-refractivity contribution < 1.29 is 9.47 Å². The van der Waals surface area contributed by atoms with Gasteiger partial charge in [-0.15, -0.1) is 0 Å². The molecule has 0 radical (unpaired) electrons. The Hall–Kier alpha value is -1.56. The number of nitrogens with one attached hydrogen (secondary N) is 1. The average Bonchev–Trinajstić information content (AvgIpc) is 3.05. The van der Waals surface area contributed by atoms with E-state index in [1.165, 1.54) is 0 Å². The Morgan fingerprint density at radius 3 is 2.86 bits per heavy atom. The molecular weight excluding hydrogens is 280 g/mol. The summed E-state index contributed by atoms with van der Waals surface area (Å²) in [7, 11) is 0. The maximum absolute atomic E-state index is 6.18. The molecule has 1 aliphatic heterocycles. The first-order valence-corrected chi connectivity index (χ1v) is 8.34. The molecule has 3 N–H and O–H groups in total. The number of hydrogen-bond donors (Lipinski definition) is 2. The molecule has 1 aromatic heterocycles. The van der Waals surface area contributed by atoms with E-state index in [9.17, 15) is 0 Å². The van der Waals surface area contributed by atoms with Crippen LogP contribution in [0.1, 0.15) is 64.8 Å². The topological polar surface area (TPSA) is 82.3 Å². The fourth-order valence-corrected chi connectivity index (χ4v) is 2.26. The maximum atomic E-state index is 6.18. The number of nitrogens with two attached hydrogens (primary N) is 1. The van der Waals surface area contributed by atoms with Crippen LogP contribution in [0.5, 0.6) is 5.88 Å². The van der Waals surface area contributed by atoms with E-state index in [2.05, 4.69) is 36.1 Å². The van der Waals surface area contributed by atoms with Crippen LogP contribution in [0, 0.1) is 0 Å². The first-order chi connectivity index (χ1) is 10.7. The first kappa shape index (κ1) is 16.8. The second kappa shape index (κ2) is 8.17. The van der Waals surface area contributed by atoms with Crippen molar-refractivity contribution in [2.45, 2.75) is 65.0 Å². The van der Waals surface area contributed by atoms with Crippen LogP contribution in [0.25, 0.3) is 0 Å². The number of rotatable bonds is 8. The van der Waals surface area contributed by atoms with Crippen molar-refractivity contribution in [1.29, 1.82) is 0 Å². The highest BCUT2D eigenvalue weighted by molar-refractivity contribution is 5.67. The van der Waals surface area contributed by atoms with Gasteiger partial charge in [0.1, 0.15) is 11.8 Å². The van der Waals surface area contributed by atoms with Gasteiger partial charge in [-0.2, -0.15) is 4.98 Å². The molecule has 6 nitrogen and oxygen atoms in total. The molecule has 0 saturated carbocycles. The third-order valence-electron chi connectivity index (χ3n) is 3.88. The number of aromatic nitrogens is 2. The summed E-state index contributed by atoms with van der Waals surface area (Å²) in [6.07, 6.45) is 4.98. The van der Waals surface area contributed by atoms with E-state index in [-0.39, 0.29) is 12.1 Å². The van der Waals surface area contributed by atoms with Crippen LogP contribution in [0.4, 0.5) is 11.5 Å². The van der Waals surface area contributed by atoms with Gasteiger partial charge in [0.2, 0.25) is 5.88 Å². The Morgan fingerprint density at radius 1 is 1.41 bits per heavy atom. The van der Waals surface area contributed by atoms with E-state index >= 15 is 0 Å². The molecule has 2 rings (SSSR count). The molecule has 0 spiro atoms. The van der Waals surface area contributed by atoms with Crippen molar-refractivity contribution in [3.05, 3.63) is 5.82 Å². The molecular formula is C16H28N4O2. The van der Waals surface area contributed by atoms with Crippen LogP contribution < -0.4 is 15.8 Å². The lowest BCUT2D eigenvalue weighted by atomic mass is 10.2. The quantitative estimate of drug-likeness (QED) is 0.717. The minimum absolute atomic E-state index is 0.0494. The van der Waals surface area contributed by atoms with Gasteiger partial charge in [-0.3, -0.25) is 0 Å². The minimum Gasteiger partial charge on any atom is -0.476 e. The molecule has 2 heterocycles. The number of anilines is 2. The second-order valence-corrected chi connectivity index (χ2v) is 5.81. The molecule has 1 fully saturated rings. The van der Waals surface area contributed by atoms with Gasteiger partial charge in [0, 0.05) is 12.6 Å². The van der Waals surface area contributed by atoms with E-state index in [0.717, 1.165) is 38.7 Å². The monoisotopic (exact) mass is 308 g/mol. The van der Waals surface area contributed by atoms with E-state index in [1.807, 2.05) is 0 Å². The molecule has 1 aromatic rings. The van der Waals surface area contributed by atoms with Crippen molar-refractivity contribution in [3.63, 3.8) is 0 Å². The Morgan fingerprint density at radius 2 is 2.23 bits per heavy atom. The first-order valence-electron chi connectivity index (χ1n) is 8.34. The average molecular weight is 308 g/mol. The summed E-state index contributed by atoms with van der Waals surface area (Å²) < 4.78 is 11.5. The highest BCUT2D eigenvalue weighted by Crippen LogP contribution is 2.33. The number of nitrogen functional groups attached to an aromatic ring is 1. The van der Waals surface area contributed by atoms with E-state index in [4.69, 9.17) is 15.2 Å². The van der Waals surface area contributed by atoms with Gasteiger partial charge in [0.05, 0.1) is 6.61 Å². The minimum atomic E-state index is -0.0494. The van der Waals surface area contributed by atoms with Crippen molar-refractivity contribution in [3.8, 4) is 5.88 Å². The molecule has 0 amide bonds. The van der Waals surface area contributed by atoms with Crippen LogP contribution in [-0.2, 0) is 4.74 Å². The number of ether oxygens (including phenoxy) is 2. The maximum Gasteiger partial charge on any atom is 0.242 e. The zero-order valence-corrected chi connectivity index (χ0v) is 13.9. The fourth-order valence-electron chi connectivity index (χ4n) is 2.26. The predicted octanol–water partition coefficient (Wildman–Crippen LogP) is 3.30. The summed E-state index contributed by atoms with van der Waals surface area (Å²) in [5.41, 5.74) is 6.67. The molecule has 2 atom stereocenters. The van der Waals surface area contributed by atoms with Gasteiger partial charge in [-0.1, -0.05) is 20.3 Å². The van der Waals surface area contributed by atoms with Crippen LogP contribution >= 0.6 is 0 Å². The van der Waals surface area contributed by atoms with Gasteiger partial charge in [-0.25, -0.2) is 4.98 Å². The third kappa shape index (κ3) is 4.22. The Balaban J connectivity index is 2.25. The molecule has 0 bridgehead atoms. The second-order valence-electron chi connectivity index (χ2n) is 5.81. The van der Waals surface area contributed by atoms with Crippen LogP contribution in [0.15, 0.2) is 0 Å². The molecule has 2 unspecified atom stereocenters. The van der Waals surface area contributed by atoms with Gasteiger partial charge in [-0.05, 0) is 32.6 Å². The van der Waals surface area contributed by atoms with Crippen molar-refractivity contribution >= 4 is 11.5 Å². The summed E-state index contributed by atoms with van der Waals surface area (Å²) >= 11 is 0. The summed E-state index contributed by atoms with van der Waals surface area (Å²) in [6, 6.07) is 0.290. The molecule has 124 valence electrons. The summed E-state index contributed by atoms with van der Waals surface area (Å²) in [6.45, 7) is 7.73. The van der Waals surface area contributed by atoms with Gasteiger partial charge < -0.3 is 20.5 Å². The van der Waals surface area contributed by atoms with Gasteiger partial charge in [0.15, 0.2) is 11.6 Å². The van der Waals surface area contributed by atoms with Gasteiger partial charge >= 0.3 is 0 Å².